The Bertz CT molecular complexity index is 265. The lowest BCUT2D eigenvalue weighted by atomic mass is 10.3. The van der Waals surface area contributed by atoms with Gasteiger partial charge in [-0.2, -0.15) is 0 Å². The van der Waals surface area contributed by atoms with Gasteiger partial charge in [-0.1, -0.05) is 15.9 Å². The summed E-state index contributed by atoms with van der Waals surface area (Å²) in [6.07, 6.45) is 1.23. The molecule has 1 aliphatic rings. The van der Waals surface area contributed by atoms with Gasteiger partial charge in [0.15, 0.2) is 0 Å². The van der Waals surface area contributed by atoms with Crippen LogP contribution in [0.5, 0.6) is 5.75 Å². The lowest BCUT2D eigenvalue weighted by Gasteiger charge is -2.11. The van der Waals surface area contributed by atoms with Gasteiger partial charge in [0.25, 0.3) is 0 Å². The molecule has 1 atom stereocenters. The fourth-order valence-electron chi connectivity index (χ4n) is 1.31. The minimum Gasteiger partial charge on any atom is -0.488 e. The molecule has 0 aromatic heterocycles. The lowest BCUT2D eigenvalue weighted by Crippen LogP contribution is -2.15. The first-order chi connectivity index (χ1) is 6.34. The largest absolute Gasteiger partial charge is 0.488 e. The monoisotopic (exact) mass is 242 g/mol. The number of rotatable bonds is 2. The molecule has 0 spiro atoms. The van der Waals surface area contributed by atoms with Crippen molar-refractivity contribution in [3.8, 4) is 5.75 Å². The zero-order chi connectivity index (χ0) is 9.10. The molecule has 0 N–H and O–H groups in total. The van der Waals surface area contributed by atoms with Crippen LogP contribution in [0.3, 0.4) is 0 Å². The molecular formula is C10H11BrO2. The molecule has 0 radical (unpaired) electrons. The number of benzene rings is 1. The van der Waals surface area contributed by atoms with Crippen LogP contribution in [0.15, 0.2) is 28.7 Å². The Morgan fingerprint density at radius 2 is 2.08 bits per heavy atom. The molecule has 1 aliphatic heterocycles. The van der Waals surface area contributed by atoms with Crippen molar-refractivity contribution in [2.75, 3.05) is 13.2 Å². The third-order valence-electron chi connectivity index (χ3n) is 2.00. The predicted molar refractivity (Wildman–Crippen MR) is 54.0 cm³/mol. The molecule has 1 aromatic carbocycles. The second-order valence-corrected chi connectivity index (χ2v) is 3.97. The number of ether oxygens (including phenoxy) is 2. The smallest absolute Gasteiger partial charge is 0.124 e. The average Bonchev–Trinajstić information content (AvgIpc) is 2.62. The molecule has 0 saturated carbocycles. The first-order valence-corrected chi connectivity index (χ1v) is 5.14. The Labute approximate surface area is 86.0 Å². The van der Waals surface area contributed by atoms with Crippen molar-refractivity contribution < 1.29 is 9.47 Å². The Morgan fingerprint density at radius 1 is 1.31 bits per heavy atom. The number of halogens is 1. The first kappa shape index (κ1) is 9.03. The van der Waals surface area contributed by atoms with E-state index in [-0.39, 0.29) is 6.10 Å². The fourth-order valence-corrected chi connectivity index (χ4v) is 1.58. The molecule has 0 aliphatic carbocycles. The second-order valence-electron chi connectivity index (χ2n) is 3.06. The quantitative estimate of drug-likeness (QED) is 0.794. The van der Waals surface area contributed by atoms with Crippen LogP contribution in [0.4, 0.5) is 0 Å². The van der Waals surface area contributed by atoms with Crippen LogP contribution in [-0.4, -0.2) is 19.3 Å². The van der Waals surface area contributed by atoms with Gasteiger partial charge in [-0.3, -0.25) is 0 Å². The van der Waals surface area contributed by atoms with Crippen LogP contribution in [-0.2, 0) is 4.74 Å². The van der Waals surface area contributed by atoms with Gasteiger partial charge in [0.1, 0.15) is 11.9 Å². The minimum atomic E-state index is 0.237. The van der Waals surface area contributed by atoms with Gasteiger partial charge in [-0.15, -0.1) is 0 Å². The second kappa shape index (κ2) is 4.11. The predicted octanol–water partition coefficient (Wildman–Crippen LogP) is 2.62. The summed E-state index contributed by atoms with van der Waals surface area (Å²) in [5.74, 6) is 0.915. The molecule has 2 nitrogen and oxygen atoms in total. The Hall–Kier alpha value is -0.540. The Kier molecular flexibility index (Phi) is 2.86. The first-order valence-electron chi connectivity index (χ1n) is 4.34. The van der Waals surface area contributed by atoms with Crippen molar-refractivity contribution in [3.63, 3.8) is 0 Å². The highest BCUT2D eigenvalue weighted by Crippen LogP contribution is 2.19. The van der Waals surface area contributed by atoms with Crippen molar-refractivity contribution in [2.24, 2.45) is 0 Å². The van der Waals surface area contributed by atoms with E-state index < -0.39 is 0 Å². The number of hydrogen-bond acceptors (Lipinski definition) is 2. The van der Waals surface area contributed by atoms with Gasteiger partial charge < -0.3 is 9.47 Å². The van der Waals surface area contributed by atoms with Crippen molar-refractivity contribution >= 4 is 15.9 Å². The molecule has 1 fully saturated rings. The summed E-state index contributed by atoms with van der Waals surface area (Å²) < 4.78 is 12.0. The molecule has 1 unspecified atom stereocenters. The van der Waals surface area contributed by atoms with Crippen LogP contribution in [0.25, 0.3) is 0 Å². The van der Waals surface area contributed by atoms with E-state index in [1.165, 1.54) is 0 Å². The maximum absolute atomic E-state index is 5.68. The van der Waals surface area contributed by atoms with Crippen molar-refractivity contribution in [1.29, 1.82) is 0 Å². The average molecular weight is 243 g/mol. The molecule has 1 saturated heterocycles. The van der Waals surface area contributed by atoms with Crippen LogP contribution >= 0.6 is 15.9 Å². The van der Waals surface area contributed by atoms with Crippen LogP contribution in [0.1, 0.15) is 6.42 Å². The van der Waals surface area contributed by atoms with E-state index in [1.807, 2.05) is 24.3 Å². The minimum absolute atomic E-state index is 0.237. The van der Waals surface area contributed by atoms with E-state index in [4.69, 9.17) is 9.47 Å². The van der Waals surface area contributed by atoms with Crippen LogP contribution in [0, 0.1) is 0 Å². The maximum atomic E-state index is 5.68. The van der Waals surface area contributed by atoms with Gasteiger partial charge in [0.05, 0.1) is 13.2 Å². The summed E-state index contributed by atoms with van der Waals surface area (Å²) in [7, 11) is 0. The van der Waals surface area contributed by atoms with Gasteiger partial charge in [-0.05, 0) is 24.3 Å². The molecule has 1 aromatic rings. The van der Waals surface area contributed by atoms with Gasteiger partial charge in [0.2, 0.25) is 0 Å². The molecule has 0 bridgehead atoms. The van der Waals surface area contributed by atoms with E-state index in [0.29, 0.717) is 0 Å². The Morgan fingerprint density at radius 3 is 2.69 bits per heavy atom. The van der Waals surface area contributed by atoms with Crippen molar-refractivity contribution in [2.45, 2.75) is 12.5 Å². The van der Waals surface area contributed by atoms with E-state index in [0.717, 1.165) is 29.9 Å². The van der Waals surface area contributed by atoms with E-state index in [1.54, 1.807) is 0 Å². The molecule has 70 valence electrons. The summed E-state index contributed by atoms with van der Waals surface area (Å²) in [5, 5.41) is 0. The molecule has 2 rings (SSSR count). The third kappa shape index (κ3) is 2.45. The summed E-state index contributed by atoms with van der Waals surface area (Å²) in [4.78, 5) is 0. The topological polar surface area (TPSA) is 18.5 Å². The highest BCUT2D eigenvalue weighted by molar-refractivity contribution is 9.10. The fraction of sp³-hybridized carbons (Fsp3) is 0.400. The summed E-state index contributed by atoms with van der Waals surface area (Å²) >= 11 is 3.38. The number of hydrogen-bond donors (Lipinski definition) is 0. The Balaban J connectivity index is 1.97. The summed E-state index contributed by atoms with van der Waals surface area (Å²) in [6.45, 7) is 1.54. The molecule has 0 amide bonds. The standard InChI is InChI=1S/C10H11BrO2/c11-8-1-3-9(4-2-8)13-10-5-6-12-7-10/h1-4,10H,5-7H2. The van der Waals surface area contributed by atoms with Crippen LogP contribution in [0.2, 0.25) is 0 Å². The summed E-state index contributed by atoms with van der Waals surface area (Å²) in [6, 6.07) is 7.88. The lowest BCUT2D eigenvalue weighted by molar-refractivity contribution is 0.141. The van der Waals surface area contributed by atoms with Gasteiger partial charge in [-0.25, -0.2) is 0 Å². The highest BCUT2D eigenvalue weighted by Gasteiger charge is 2.16. The molecule has 3 heteroatoms. The normalized spacial score (nSPS) is 21.8. The molecular weight excluding hydrogens is 232 g/mol. The van der Waals surface area contributed by atoms with Crippen molar-refractivity contribution in [3.05, 3.63) is 28.7 Å². The van der Waals surface area contributed by atoms with E-state index >= 15 is 0 Å². The zero-order valence-electron chi connectivity index (χ0n) is 7.20. The SMILES string of the molecule is Brc1ccc(OC2CCOC2)cc1. The zero-order valence-corrected chi connectivity index (χ0v) is 8.79. The van der Waals surface area contributed by atoms with E-state index in [9.17, 15) is 0 Å². The third-order valence-corrected chi connectivity index (χ3v) is 2.53. The maximum Gasteiger partial charge on any atom is 0.124 e. The molecule has 13 heavy (non-hydrogen) atoms. The highest BCUT2D eigenvalue weighted by atomic mass is 79.9. The van der Waals surface area contributed by atoms with Crippen LogP contribution < -0.4 is 4.74 Å². The molecule has 1 heterocycles. The van der Waals surface area contributed by atoms with Crippen molar-refractivity contribution in [1.82, 2.24) is 0 Å². The van der Waals surface area contributed by atoms with Gasteiger partial charge in [0, 0.05) is 10.9 Å². The van der Waals surface area contributed by atoms with Gasteiger partial charge >= 0.3 is 0 Å². The summed E-state index contributed by atoms with van der Waals surface area (Å²) in [5.41, 5.74) is 0. The van der Waals surface area contributed by atoms with E-state index in [2.05, 4.69) is 15.9 Å².